The Hall–Kier alpha value is -2.37. The topological polar surface area (TPSA) is 75.6 Å². The van der Waals surface area contributed by atoms with Crippen molar-refractivity contribution < 1.29 is 37.3 Å². The predicted molar refractivity (Wildman–Crippen MR) is 86.3 cm³/mol. The van der Waals surface area contributed by atoms with Gasteiger partial charge in [0, 0.05) is 8.22 Å². The highest BCUT2D eigenvalue weighted by Gasteiger charge is 2.38. The summed E-state index contributed by atoms with van der Waals surface area (Å²) < 4.78 is 137. The van der Waals surface area contributed by atoms with Gasteiger partial charge in [0.2, 0.25) is 11.9 Å². The van der Waals surface area contributed by atoms with Crippen LogP contribution in [-0.2, 0) is 0 Å². The summed E-state index contributed by atoms with van der Waals surface area (Å²) in [5.41, 5.74) is -0.514. The van der Waals surface area contributed by atoms with E-state index < -0.39 is 78.8 Å². The van der Waals surface area contributed by atoms with Gasteiger partial charge in [-0.25, -0.2) is 4.98 Å². The van der Waals surface area contributed by atoms with Gasteiger partial charge in [0.15, 0.2) is 5.82 Å². The van der Waals surface area contributed by atoms with E-state index in [-0.39, 0.29) is 0 Å². The minimum atomic E-state index is -5.40. The predicted octanol–water partition coefficient (Wildman–Crippen LogP) is 4.31. The zero-order valence-corrected chi connectivity index (χ0v) is 13.4. The second kappa shape index (κ2) is 7.71. The third-order valence-corrected chi connectivity index (χ3v) is 2.85. The van der Waals surface area contributed by atoms with Gasteiger partial charge < -0.3 is 10.6 Å². The van der Waals surface area contributed by atoms with Crippen molar-refractivity contribution in [1.82, 2.24) is 19.9 Å². The van der Waals surface area contributed by atoms with E-state index in [4.69, 9.17) is 22.6 Å². The quantitative estimate of drug-likeness (QED) is 0.552. The first-order chi connectivity index (χ1) is 15.6. The molecular weight excluding hydrogens is 402 g/mol. The normalized spacial score (nSPS) is 19.8. The van der Waals surface area contributed by atoms with Crippen LogP contribution in [0.1, 0.15) is 24.7 Å². The lowest BCUT2D eigenvalue weighted by Crippen LogP contribution is -2.35. The lowest BCUT2D eigenvalue weighted by molar-refractivity contribution is -0.139. The van der Waals surface area contributed by atoms with Crippen LogP contribution >= 0.6 is 11.6 Å². The Labute approximate surface area is 165 Å². The molecule has 6 nitrogen and oxygen atoms in total. The van der Waals surface area contributed by atoms with E-state index in [9.17, 15) is 26.3 Å². The van der Waals surface area contributed by atoms with Gasteiger partial charge >= 0.3 is 12.4 Å². The fourth-order valence-electron chi connectivity index (χ4n) is 1.49. The van der Waals surface area contributed by atoms with Gasteiger partial charge in [0.05, 0.1) is 2.74 Å². The molecule has 13 heteroatoms. The SMILES string of the molecule is [2H]c1cc(-c2nc(NC(C([2H])([2H])[2H])C(F)(F)F)nc(NC(C([2H])([2H])[2H])C(F)(F)F)n2)nc(Cl)c1[2H]. The Morgan fingerprint density at radius 3 is 1.89 bits per heavy atom. The van der Waals surface area contributed by atoms with Crippen molar-refractivity contribution in [3.05, 3.63) is 23.3 Å². The molecule has 0 aliphatic rings. The molecule has 0 saturated carbocycles. The van der Waals surface area contributed by atoms with E-state index in [1.54, 1.807) is 0 Å². The molecule has 27 heavy (non-hydrogen) atoms. The minimum Gasteiger partial charge on any atom is -0.343 e. The number of nitrogens with one attached hydrogen (secondary N) is 2. The number of halogens is 7. The maximum atomic E-state index is 13.3. The van der Waals surface area contributed by atoms with E-state index in [1.807, 2.05) is 0 Å². The first-order valence-electron chi connectivity index (χ1n) is 10.7. The van der Waals surface area contributed by atoms with Crippen LogP contribution < -0.4 is 10.6 Å². The number of alkyl halides is 6. The van der Waals surface area contributed by atoms with E-state index in [0.717, 1.165) is 6.07 Å². The third-order valence-electron chi connectivity index (χ3n) is 2.67. The van der Waals surface area contributed by atoms with Crippen molar-refractivity contribution in [2.75, 3.05) is 10.6 Å². The fourth-order valence-corrected chi connectivity index (χ4v) is 1.63. The van der Waals surface area contributed by atoms with Crippen molar-refractivity contribution in [3.8, 4) is 11.5 Å². The van der Waals surface area contributed by atoms with Crippen molar-refractivity contribution in [1.29, 1.82) is 0 Å². The molecule has 2 unspecified atom stereocenters. The Bertz CT molecular complexity index is 974. The van der Waals surface area contributed by atoms with Gasteiger partial charge in [-0.2, -0.15) is 41.3 Å². The van der Waals surface area contributed by atoms with E-state index in [1.165, 1.54) is 10.6 Å². The van der Waals surface area contributed by atoms with E-state index in [0.29, 0.717) is 0 Å². The number of hydrogen-bond acceptors (Lipinski definition) is 6. The smallest absolute Gasteiger partial charge is 0.343 e. The molecule has 0 fully saturated rings. The van der Waals surface area contributed by atoms with Crippen LogP contribution in [0.4, 0.5) is 38.2 Å². The van der Waals surface area contributed by atoms with Crippen molar-refractivity contribution >= 4 is 23.5 Å². The molecule has 0 aliphatic carbocycles. The van der Waals surface area contributed by atoms with Gasteiger partial charge in [0.25, 0.3) is 0 Å². The number of rotatable bonds is 5. The van der Waals surface area contributed by atoms with Gasteiger partial charge in [-0.3, -0.25) is 0 Å². The molecule has 2 atom stereocenters. The van der Waals surface area contributed by atoms with Crippen molar-refractivity contribution in [2.24, 2.45) is 0 Å². The van der Waals surface area contributed by atoms with E-state index >= 15 is 0 Å². The van der Waals surface area contributed by atoms with Crippen LogP contribution in [0.15, 0.2) is 18.2 Å². The largest absolute Gasteiger partial charge is 0.408 e. The summed E-state index contributed by atoms with van der Waals surface area (Å²) in [6.07, 6.45) is -10.8. The zero-order chi connectivity index (χ0) is 27.1. The highest BCUT2D eigenvalue weighted by molar-refractivity contribution is 6.29. The number of anilines is 2. The number of hydrogen-bond donors (Lipinski definition) is 2. The zero-order valence-electron chi connectivity index (χ0n) is 20.7. The number of nitrogens with zero attached hydrogens (tertiary/aromatic N) is 4. The standard InChI is InChI=1S/C14H13ClF6N6/c1-6(13(16,17)18)22-11-25-10(8-4-3-5-9(15)24-8)26-12(27-11)23-7(2)14(19,20)21/h3-7H,1-2H3,(H2,22,23,25,26,27)/i1D3,2D3,3D,5D. The first-order valence-corrected chi connectivity index (χ1v) is 7.05. The second-order valence-corrected chi connectivity index (χ2v) is 5.10. The summed E-state index contributed by atoms with van der Waals surface area (Å²) in [5.74, 6) is -3.22. The van der Waals surface area contributed by atoms with Gasteiger partial charge in [0.1, 0.15) is 22.9 Å². The third kappa shape index (κ3) is 5.81. The second-order valence-electron chi connectivity index (χ2n) is 4.75. The maximum Gasteiger partial charge on any atom is 0.408 e. The summed E-state index contributed by atoms with van der Waals surface area (Å²) >= 11 is 5.69. The van der Waals surface area contributed by atoms with Crippen LogP contribution in [0.2, 0.25) is 5.15 Å². The lowest BCUT2D eigenvalue weighted by Gasteiger charge is -2.20. The molecule has 0 spiro atoms. The van der Waals surface area contributed by atoms with Gasteiger partial charge in [-0.15, -0.1) is 0 Å². The Balaban J connectivity index is 2.70. The van der Waals surface area contributed by atoms with Gasteiger partial charge in [-0.1, -0.05) is 17.6 Å². The molecular formula is C14H13ClF6N6. The number of pyridine rings is 1. The summed E-state index contributed by atoms with van der Waals surface area (Å²) in [5, 5.41) is 2.29. The molecule has 0 bridgehead atoms. The summed E-state index contributed by atoms with van der Waals surface area (Å²) in [6.45, 7) is -7.43. The molecule has 148 valence electrons. The van der Waals surface area contributed by atoms with Crippen LogP contribution in [0.5, 0.6) is 0 Å². The highest BCUT2D eigenvalue weighted by Crippen LogP contribution is 2.26. The molecule has 0 amide bonds. The number of aromatic nitrogens is 4. The highest BCUT2D eigenvalue weighted by atomic mass is 35.5. The van der Waals surface area contributed by atoms with Crippen LogP contribution in [-0.4, -0.2) is 44.4 Å². The summed E-state index contributed by atoms with van der Waals surface area (Å²) in [4.78, 5) is 13.9. The van der Waals surface area contributed by atoms with Crippen LogP contribution in [0.3, 0.4) is 0 Å². The average Bonchev–Trinajstić information content (AvgIpc) is 2.64. The molecule has 0 aliphatic heterocycles. The average molecular weight is 423 g/mol. The molecule has 0 radical (unpaired) electrons. The Morgan fingerprint density at radius 2 is 1.48 bits per heavy atom. The Kier molecular flexibility index (Phi) is 3.47. The minimum absolute atomic E-state index is 0.514. The van der Waals surface area contributed by atoms with Gasteiger partial charge in [-0.05, 0) is 25.8 Å². The van der Waals surface area contributed by atoms with E-state index in [2.05, 4.69) is 19.9 Å². The molecule has 2 aromatic heterocycles. The molecule has 2 aromatic rings. The summed E-state index contributed by atoms with van der Waals surface area (Å²) in [7, 11) is 0. The molecule has 2 N–H and O–H groups in total. The molecule has 0 aromatic carbocycles. The monoisotopic (exact) mass is 422 g/mol. The van der Waals surface area contributed by atoms with Crippen molar-refractivity contribution in [2.45, 2.75) is 38.1 Å². The summed E-state index contributed by atoms with van der Waals surface area (Å²) in [6, 6.07) is -6.90. The maximum absolute atomic E-state index is 13.3. The molecule has 0 saturated heterocycles. The molecule has 2 rings (SSSR count). The van der Waals surface area contributed by atoms with Crippen molar-refractivity contribution in [3.63, 3.8) is 0 Å². The first kappa shape index (κ1) is 12.2. The fraction of sp³-hybridized carbons (Fsp3) is 0.429. The molecule has 2 heterocycles. The lowest BCUT2D eigenvalue weighted by atomic mass is 10.3. The Morgan fingerprint density at radius 1 is 0.963 bits per heavy atom. The van der Waals surface area contributed by atoms with Crippen LogP contribution in [0, 0.1) is 0 Å². The van der Waals surface area contributed by atoms with Crippen LogP contribution in [0.25, 0.3) is 11.5 Å².